The number of thiophene rings is 1. The van der Waals surface area contributed by atoms with E-state index < -0.39 is 6.97 Å². The van der Waals surface area contributed by atoms with Gasteiger partial charge in [-0.1, -0.05) is 6.07 Å². The normalized spacial score (nSPS) is 19.0. The van der Waals surface area contributed by atoms with Crippen molar-refractivity contribution in [2.45, 2.75) is 27.7 Å². The Hall–Kier alpha value is -0.485. The first-order chi connectivity index (χ1) is 11.7. The van der Waals surface area contributed by atoms with Crippen molar-refractivity contribution in [2.24, 2.45) is 0 Å². The maximum atomic E-state index is 15.7. The lowest BCUT2D eigenvalue weighted by molar-refractivity contribution is -0.363. The molecule has 0 atom stereocenters. The molecule has 0 aromatic carbocycles. The number of rotatable bonds is 1. The molecule has 0 radical (unpaired) electrons. The monoisotopic (exact) mass is 582 g/mol. The first-order valence-electron chi connectivity index (χ1n) is 7.87. The lowest BCUT2D eigenvalue weighted by Crippen LogP contribution is -2.51. The second kappa shape index (κ2) is 5.75. The average Bonchev–Trinajstić information content (AvgIpc) is 3.21. The van der Waals surface area contributed by atoms with Crippen LogP contribution in [0.15, 0.2) is 32.4 Å². The lowest BCUT2D eigenvalue weighted by atomic mass is 9.85. The molecule has 0 N–H and O–H groups in total. The third-order valence-corrected chi connectivity index (χ3v) is 9.14. The number of halogens is 4. The summed E-state index contributed by atoms with van der Waals surface area (Å²) in [6, 6.07) is 4.00. The van der Waals surface area contributed by atoms with E-state index in [9.17, 15) is 0 Å². The molecule has 0 saturated heterocycles. The Morgan fingerprint density at radius 3 is 2.44 bits per heavy atom. The molecule has 0 spiro atoms. The number of hydrogen-bond donors (Lipinski definition) is 0. The number of allylic oxidation sites excluding steroid dienone is 2. The molecule has 0 saturated carbocycles. The fraction of sp³-hybridized carbons (Fsp3) is 0.235. The van der Waals surface area contributed by atoms with Crippen LogP contribution in [0.3, 0.4) is 0 Å². The molecule has 0 unspecified atom stereocenters. The molecule has 2 aromatic rings. The largest absolute Gasteiger partial charge is 0.737 e. The molecule has 0 aliphatic carbocycles. The van der Waals surface area contributed by atoms with Gasteiger partial charge in [0.2, 0.25) is 0 Å². The van der Waals surface area contributed by atoms with Gasteiger partial charge in [-0.15, -0.1) is 11.3 Å². The van der Waals surface area contributed by atoms with Crippen molar-refractivity contribution >= 4 is 74.8 Å². The number of nitrogens with zero attached hydrogens (tertiary/aromatic N) is 2. The third kappa shape index (κ3) is 2.19. The van der Waals surface area contributed by atoms with Gasteiger partial charge < -0.3 is 17.6 Å². The lowest BCUT2D eigenvalue weighted by Gasteiger charge is -2.33. The van der Waals surface area contributed by atoms with E-state index in [1.54, 1.807) is 25.2 Å². The second-order valence-corrected chi connectivity index (χ2v) is 9.53. The highest BCUT2D eigenvalue weighted by molar-refractivity contribution is 14.1. The quantitative estimate of drug-likeness (QED) is 0.290. The molecule has 0 bridgehead atoms. The van der Waals surface area contributed by atoms with Crippen molar-refractivity contribution in [2.75, 3.05) is 0 Å². The molecule has 2 aliphatic rings. The van der Waals surface area contributed by atoms with E-state index in [1.165, 1.54) is 8.96 Å². The maximum absolute atomic E-state index is 15.7. The van der Waals surface area contributed by atoms with Crippen molar-refractivity contribution in [1.29, 1.82) is 0 Å². The van der Waals surface area contributed by atoms with Crippen LogP contribution in [0.2, 0.25) is 0 Å². The minimum Gasteiger partial charge on any atom is -0.392 e. The molecule has 4 rings (SSSR count). The van der Waals surface area contributed by atoms with Gasteiger partial charge in [0.15, 0.2) is 5.70 Å². The van der Waals surface area contributed by atoms with Gasteiger partial charge in [-0.25, -0.2) is 0 Å². The Labute approximate surface area is 176 Å². The van der Waals surface area contributed by atoms with Gasteiger partial charge in [-0.2, -0.15) is 0 Å². The standard InChI is InChI=1S/C17H15BF2I2N2S/c1-8-14(21)10(3)23-16(8)13(12-6-5-7-25-12)17-9(2)15(22)11(4)24(17)18(23,19)20/h5-7H,1-4H3. The maximum Gasteiger partial charge on any atom is 0.737 e. The summed E-state index contributed by atoms with van der Waals surface area (Å²) in [6.45, 7) is 3.57. The Balaban J connectivity index is 2.25. The minimum absolute atomic E-state index is 0.638. The van der Waals surface area contributed by atoms with Crippen LogP contribution in [-0.2, 0) is 0 Å². The zero-order valence-corrected chi connectivity index (χ0v) is 19.3. The molecule has 4 heterocycles. The molecule has 2 aromatic heterocycles. The predicted octanol–water partition coefficient (Wildman–Crippen LogP) is 5.96. The highest BCUT2D eigenvalue weighted by atomic mass is 127. The van der Waals surface area contributed by atoms with Crippen molar-refractivity contribution in [3.05, 3.63) is 57.8 Å². The molecule has 0 amide bonds. The van der Waals surface area contributed by atoms with Gasteiger partial charge in [0, 0.05) is 26.6 Å². The summed E-state index contributed by atoms with van der Waals surface area (Å²) < 4.78 is 35.8. The smallest absolute Gasteiger partial charge is 0.392 e. The molecule has 130 valence electrons. The summed E-state index contributed by atoms with van der Waals surface area (Å²) in [6.07, 6.45) is 0. The van der Waals surface area contributed by atoms with Crippen molar-refractivity contribution in [1.82, 2.24) is 4.48 Å². The van der Waals surface area contributed by atoms with Crippen molar-refractivity contribution < 1.29 is 13.1 Å². The van der Waals surface area contributed by atoms with Gasteiger partial charge in [0.1, 0.15) is 5.71 Å². The Bertz CT molecular complexity index is 1030. The van der Waals surface area contributed by atoms with E-state index in [-0.39, 0.29) is 0 Å². The van der Waals surface area contributed by atoms with Gasteiger partial charge in [0.05, 0.1) is 9.15 Å². The SMILES string of the molecule is CC1=C(I)C(C)=[N+]2C1=C(c1cccs1)c1c(C)c(I)c(C)n1[B-]2(F)F. The summed E-state index contributed by atoms with van der Waals surface area (Å²) in [5.41, 5.74) is 5.40. The molecule has 0 fully saturated rings. The molecular formula is C17H15BF2I2N2S. The summed E-state index contributed by atoms with van der Waals surface area (Å²) in [5.74, 6) is 0. The summed E-state index contributed by atoms with van der Waals surface area (Å²) in [4.78, 5) is 1.03. The van der Waals surface area contributed by atoms with Crippen LogP contribution in [0, 0.1) is 17.4 Å². The fourth-order valence-electron chi connectivity index (χ4n) is 3.93. The Kier molecular flexibility index (Phi) is 4.12. The zero-order valence-electron chi connectivity index (χ0n) is 14.1. The van der Waals surface area contributed by atoms with Crippen LogP contribution in [-0.4, -0.2) is 21.6 Å². The zero-order chi connectivity index (χ0) is 18.3. The van der Waals surface area contributed by atoms with Crippen LogP contribution in [0.5, 0.6) is 0 Å². The van der Waals surface area contributed by atoms with Crippen LogP contribution in [0.4, 0.5) is 8.63 Å². The molecule has 8 heteroatoms. The highest BCUT2D eigenvalue weighted by Crippen LogP contribution is 2.48. The van der Waals surface area contributed by atoms with Gasteiger partial charge in [-0.05, 0) is 88.7 Å². The predicted molar refractivity (Wildman–Crippen MR) is 118 cm³/mol. The number of aromatic nitrogens is 1. The van der Waals surface area contributed by atoms with Crippen molar-refractivity contribution in [3.63, 3.8) is 0 Å². The van der Waals surface area contributed by atoms with Gasteiger partial charge in [-0.3, -0.25) is 0 Å². The molecule has 2 nitrogen and oxygen atoms in total. The minimum atomic E-state index is -3.92. The molecule has 25 heavy (non-hydrogen) atoms. The first-order valence-corrected chi connectivity index (χ1v) is 10.9. The second-order valence-electron chi connectivity index (χ2n) is 6.43. The third-order valence-electron chi connectivity index (χ3n) is 5.07. The van der Waals surface area contributed by atoms with Crippen LogP contribution >= 0.6 is 56.5 Å². The van der Waals surface area contributed by atoms with Gasteiger partial charge >= 0.3 is 6.97 Å². The average molecular weight is 582 g/mol. The van der Waals surface area contributed by atoms with E-state index >= 15 is 8.63 Å². The van der Waals surface area contributed by atoms with Crippen LogP contribution in [0.1, 0.15) is 35.7 Å². The van der Waals surface area contributed by atoms with E-state index in [1.807, 2.05) is 31.4 Å². The Morgan fingerprint density at radius 1 is 1.16 bits per heavy atom. The first kappa shape index (κ1) is 17.9. The molecular weight excluding hydrogens is 567 g/mol. The molecule has 2 aliphatic heterocycles. The van der Waals surface area contributed by atoms with E-state index in [4.69, 9.17) is 0 Å². The van der Waals surface area contributed by atoms with Crippen LogP contribution in [0.25, 0.3) is 5.57 Å². The number of hydrogen-bond acceptors (Lipinski definition) is 1. The summed E-state index contributed by atoms with van der Waals surface area (Å²) in [7, 11) is 0. The van der Waals surface area contributed by atoms with E-state index in [0.29, 0.717) is 22.8 Å². The topological polar surface area (TPSA) is 7.94 Å². The number of fused-ring (bicyclic) bond motifs is 2. The summed E-state index contributed by atoms with van der Waals surface area (Å²) >= 11 is 5.98. The van der Waals surface area contributed by atoms with Crippen molar-refractivity contribution in [3.8, 4) is 0 Å². The van der Waals surface area contributed by atoms with Crippen LogP contribution < -0.4 is 0 Å². The highest BCUT2D eigenvalue weighted by Gasteiger charge is 2.56. The fourth-order valence-corrected chi connectivity index (χ4v) is 5.74. The summed E-state index contributed by atoms with van der Waals surface area (Å²) in [5, 5.41) is 2.00. The van der Waals surface area contributed by atoms with E-state index in [2.05, 4.69) is 45.2 Å². The van der Waals surface area contributed by atoms with E-state index in [0.717, 1.165) is 28.7 Å². The van der Waals surface area contributed by atoms with Gasteiger partial charge in [0.25, 0.3) is 0 Å². The Morgan fingerprint density at radius 2 is 1.84 bits per heavy atom.